The van der Waals surface area contributed by atoms with Crippen molar-refractivity contribution in [1.82, 2.24) is 9.55 Å². The maximum atomic E-state index is 12.6. The predicted octanol–water partition coefficient (Wildman–Crippen LogP) is 5.62. The normalized spacial score (nSPS) is 10.9. The van der Waals surface area contributed by atoms with Crippen LogP contribution in [0.15, 0.2) is 84.0 Å². The van der Waals surface area contributed by atoms with Crippen LogP contribution in [0.2, 0.25) is 5.02 Å². The third kappa shape index (κ3) is 4.38. The van der Waals surface area contributed by atoms with Crippen molar-refractivity contribution in [2.75, 3.05) is 5.32 Å². The van der Waals surface area contributed by atoms with Gasteiger partial charge in [0, 0.05) is 16.5 Å². The van der Waals surface area contributed by atoms with Crippen LogP contribution >= 0.6 is 23.4 Å². The number of carbonyl (C=O) groups excluding carboxylic acids is 1. The average Bonchev–Trinajstić information content (AvgIpc) is 3.05. The van der Waals surface area contributed by atoms with Crippen LogP contribution in [-0.2, 0) is 17.1 Å². The number of aromatic nitrogens is 2. The van der Waals surface area contributed by atoms with Crippen LogP contribution in [0.1, 0.15) is 5.56 Å². The Hall–Kier alpha value is -2.76. The summed E-state index contributed by atoms with van der Waals surface area (Å²) in [6, 6.07) is 25.2. The van der Waals surface area contributed by atoms with Crippen molar-refractivity contribution >= 4 is 46.0 Å². The number of amides is 1. The highest BCUT2D eigenvalue weighted by molar-refractivity contribution is 7.98. The number of hydrogen-bond acceptors (Lipinski definition) is 3. The number of rotatable bonds is 6. The van der Waals surface area contributed by atoms with Gasteiger partial charge in [-0.3, -0.25) is 4.79 Å². The number of fused-ring (bicyclic) bond motifs is 1. The standard InChI is InChI=1S/C22H18ClN3OS/c23-17-9-6-10-18(13-17)24-21(27)14-26-20-12-5-4-11-19(20)25-22(26)28-15-16-7-2-1-3-8-16/h1-13H,14-15H2,(H,24,27). The highest BCUT2D eigenvalue weighted by atomic mass is 35.5. The van der Waals surface area contributed by atoms with E-state index in [2.05, 4.69) is 17.4 Å². The zero-order chi connectivity index (χ0) is 19.3. The highest BCUT2D eigenvalue weighted by Gasteiger charge is 2.14. The topological polar surface area (TPSA) is 46.9 Å². The molecule has 4 nitrogen and oxygen atoms in total. The summed E-state index contributed by atoms with van der Waals surface area (Å²) in [6.07, 6.45) is 0. The molecule has 140 valence electrons. The Morgan fingerprint density at radius 1 is 1.00 bits per heavy atom. The fourth-order valence-corrected chi connectivity index (χ4v) is 4.11. The molecule has 1 N–H and O–H groups in total. The van der Waals surface area contributed by atoms with Crippen molar-refractivity contribution < 1.29 is 4.79 Å². The predicted molar refractivity (Wildman–Crippen MR) is 116 cm³/mol. The van der Waals surface area contributed by atoms with Crippen LogP contribution in [0.25, 0.3) is 11.0 Å². The van der Waals surface area contributed by atoms with E-state index < -0.39 is 0 Å². The maximum absolute atomic E-state index is 12.6. The number of imidazole rings is 1. The number of nitrogens with one attached hydrogen (secondary N) is 1. The van der Waals surface area contributed by atoms with Gasteiger partial charge in [-0.2, -0.15) is 0 Å². The largest absolute Gasteiger partial charge is 0.324 e. The Morgan fingerprint density at radius 2 is 1.79 bits per heavy atom. The second-order valence-corrected chi connectivity index (χ2v) is 7.68. The lowest BCUT2D eigenvalue weighted by molar-refractivity contribution is -0.116. The second kappa shape index (κ2) is 8.50. The van der Waals surface area contributed by atoms with E-state index >= 15 is 0 Å². The van der Waals surface area contributed by atoms with E-state index in [0.717, 1.165) is 21.9 Å². The molecule has 0 saturated carbocycles. The Labute approximate surface area is 172 Å². The summed E-state index contributed by atoms with van der Waals surface area (Å²) in [6.45, 7) is 0.185. The molecule has 4 rings (SSSR count). The van der Waals surface area contributed by atoms with Gasteiger partial charge in [0.1, 0.15) is 6.54 Å². The zero-order valence-corrected chi connectivity index (χ0v) is 16.6. The van der Waals surface area contributed by atoms with Gasteiger partial charge in [0.15, 0.2) is 5.16 Å². The minimum Gasteiger partial charge on any atom is -0.324 e. The molecule has 0 aliphatic heterocycles. The quantitative estimate of drug-likeness (QED) is 0.422. The van der Waals surface area contributed by atoms with Gasteiger partial charge in [-0.25, -0.2) is 4.98 Å². The average molecular weight is 408 g/mol. The first-order valence-corrected chi connectivity index (χ1v) is 10.2. The molecule has 0 unspecified atom stereocenters. The van der Waals surface area contributed by atoms with E-state index in [4.69, 9.17) is 16.6 Å². The number of halogens is 1. The molecular weight excluding hydrogens is 390 g/mol. The van der Waals surface area contributed by atoms with Crippen LogP contribution in [-0.4, -0.2) is 15.5 Å². The second-order valence-electron chi connectivity index (χ2n) is 6.30. The number of thioether (sulfide) groups is 1. The van der Waals surface area contributed by atoms with Gasteiger partial charge >= 0.3 is 0 Å². The van der Waals surface area contributed by atoms with E-state index in [1.54, 1.807) is 23.9 Å². The summed E-state index contributed by atoms with van der Waals surface area (Å²) >= 11 is 7.63. The lowest BCUT2D eigenvalue weighted by atomic mass is 10.2. The molecule has 4 aromatic rings. The molecule has 0 radical (unpaired) electrons. The van der Waals surface area contributed by atoms with Crippen molar-refractivity contribution in [2.24, 2.45) is 0 Å². The van der Waals surface area contributed by atoms with Crippen LogP contribution in [0, 0.1) is 0 Å². The SMILES string of the molecule is O=C(Cn1c(SCc2ccccc2)nc2ccccc21)Nc1cccc(Cl)c1. The number of benzene rings is 3. The molecule has 0 aliphatic carbocycles. The number of nitrogens with zero attached hydrogens (tertiary/aromatic N) is 2. The van der Waals surface area contributed by atoms with Crippen LogP contribution < -0.4 is 5.32 Å². The molecule has 1 heterocycles. The smallest absolute Gasteiger partial charge is 0.244 e. The van der Waals surface area contributed by atoms with Gasteiger partial charge in [-0.1, -0.05) is 71.9 Å². The summed E-state index contributed by atoms with van der Waals surface area (Å²) in [7, 11) is 0. The minimum atomic E-state index is -0.119. The Balaban J connectivity index is 1.56. The van der Waals surface area contributed by atoms with Crippen LogP contribution in [0.5, 0.6) is 0 Å². The lowest BCUT2D eigenvalue weighted by Crippen LogP contribution is -2.19. The van der Waals surface area contributed by atoms with Gasteiger partial charge < -0.3 is 9.88 Å². The highest BCUT2D eigenvalue weighted by Crippen LogP contribution is 2.27. The first kappa shape index (κ1) is 18.6. The Kier molecular flexibility index (Phi) is 5.65. The van der Waals surface area contributed by atoms with Gasteiger partial charge in [-0.05, 0) is 35.9 Å². The Morgan fingerprint density at radius 3 is 2.61 bits per heavy atom. The first-order chi connectivity index (χ1) is 13.7. The summed E-state index contributed by atoms with van der Waals surface area (Å²) < 4.78 is 1.96. The maximum Gasteiger partial charge on any atom is 0.244 e. The zero-order valence-electron chi connectivity index (χ0n) is 15.0. The summed E-state index contributed by atoms with van der Waals surface area (Å²) in [5.74, 6) is 0.673. The van der Waals surface area contributed by atoms with Crippen LogP contribution in [0.4, 0.5) is 5.69 Å². The molecule has 6 heteroatoms. The third-order valence-corrected chi connectivity index (χ3v) is 5.52. The molecule has 0 saturated heterocycles. The molecule has 0 aliphatic rings. The van der Waals surface area contributed by atoms with Gasteiger partial charge in [0.05, 0.1) is 11.0 Å². The van der Waals surface area contributed by atoms with E-state index in [-0.39, 0.29) is 12.5 Å². The molecule has 28 heavy (non-hydrogen) atoms. The van der Waals surface area contributed by atoms with Crippen molar-refractivity contribution in [1.29, 1.82) is 0 Å². The molecule has 0 bridgehead atoms. The van der Waals surface area contributed by atoms with Gasteiger partial charge in [0.2, 0.25) is 5.91 Å². The summed E-state index contributed by atoms with van der Waals surface area (Å²) in [4.78, 5) is 17.4. The summed E-state index contributed by atoms with van der Waals surface area (Å²) in [5, 5.41) is 4.32. The molecule has 0 atom stereocenters. The summed E-state index contributed by atoms with van der Waals surface area (Å²) in [5.41, 5.74) is 3.72. The Bertz CT molecular complexity index is 1110. The van der Waals surface area contributed by atoms with Crippen molar-refractivity contribution in [3.8, 4) is 0 Å². The molecule has 1 amide bonds. The van der Waals surface area contributed by atoms with E-state index in [0.29, 0.717) is 10.7 Å². The third-order valence-electron chi connectivity index (χ3n) is 4.24. The number of para-hydroxylation sites is 2. The number of anilines is 1. The van der Waals surface area contributed by atoms with Gasteiger partial charge in [0.25, 0.3) is 0 Å². The van der Waals surface area contributed by atoms with E-state index in [1.807, 2.05) is 59.2 Å². The first-order valence-electron chi connectivity index (χ1n) is 8.86. The number of carbonyl (C=O) groups is 1. The van der Waals surface area contributed by atoms with Crippen LogP contribution in [0.3, 0.4) is 0 Å². The fourth-order valence-electron chi connectivity index (χ4n) is 2.95. The molecule has 0 fully saturated rings. The molecule has 0 spiro atoms. The number of hydrogen-bond donors (Lipinski definition) is 1. The van der Waals surface area contributed by atoms with E-state index in [9.17, 15) is 4.79 Å². The van der Waals surface area contributed by atoms with Crippen molar-refractivity contribution in [3.05, 3.63) is 89.4 Å². The minimum absolute atomic E-state index is 0.119. The van der Waals surface area contributed by atoms with Gasteiger partial charge in [-0.15, -0.1) is 0 Å². The fraction of sp³-hybridized carbons (Fsp3) is 0.0909. The van der Waals surface area contributed by atoms with E-state index in [1.165, 1.54) is 5.56 Å². The molecule has 1 aromatic heterocycles. The van der Waals surface area contributed by atoms with Crippen molar-refractivity contribution in [2.45, 2.75) is 17.5 Å². The van der Waals surface area contributed by atoms with Crippen molar-refractivity contribution in [3.63, 3.8) is 0 Å². The monoisotopic (exact) mass is 407 g/mol. The lowest BCUT2D eigenvalue weighted by Gasteiger charge is -2.10. The molecular formula is C22H18ClN3OS. The molecule has 3 aromatic carbocycles.